The van der Waals surface area contributed by atoms with E-state index in [0.29, 0.717) is 23.6 Å². The third kappa shape index (κ3) is 6.47. The molecule has 29 heavy (non-hydrogen) atoms. The summed E-state index contributed by atoms with van der Waals surface area (Å²) in [6.07, 6.45) is 3.14. The van der Waals surface area contributed by atoms with Gasteiger partial charge in [-0.05, 0) is 63.0 Å². The first-order valence-electron chi connectivity index (χ1n) is 9.94. The van der Waals surface area contributed by atoms with Crippen molar-refractivity contribution >= 4 is 34.9 Å². The average Bonchev–Trinajstić information content (AvgIpc) is 3.19. The van der Waals surface area contributed by atoms with Crippen molar-refractivity contribution in [3.05, 3.63) is 47.3 Å². The molecular formula is C21H28N6OS. The van der Waals surface area contributed by atoms with Crippen LogP contribution in [0, 0.1) is 13.8 Å². The number of nitrogens with zero attached hydrogens (tertiary/aromatic N) is 3. The van der Waals surface area contributed by atoms with Gasteiger partial charge in [0.1, 0.15) is 0 Å². The fourth-order valence-corrected chi connectivity index (χ4v) is 3.40. The van der Waals surface area contributed by atoms with Gasteiger partial charge in [-0.2, -0.15) is 0 Å². The fraction of sp³-hybridized carbons (Fsp3) is 0.429. The monoisotopic (exact) mass is 412 g/mol. The van der Waals surface area contributed by atoms with E-state index in [1.165, 1.54) is 5.56 Å². The molecule has 0 aliphatic carbocycles. The molecule has 0 amide bonds. The Hall–Kier alpha value is -2.58. The summed E-state index contributed by atoms with van der Waals surface area (Å²) in [6, 6.07) is 10.0. The molecule has 1 atom stereocenters. The molecule has 1 aliphatic heterocycles. The lowest BCUT2D eigenvalue weighted by Gasteiger charge is -2.16. The van der Waals surface area contributed by atoms with E-state index in [9.17, 15) is 0 Å². The summed E-state index contributed by atoms with van der Waals surface area (Å²) in [6.45, 7) is 7.33. The number of aliphatic imine (C=N–C) groups is 1. The van der Waals surface area contributed by atoms with E-state index >= 15 is 0 Å². The van der Waals surface area contributed by atoms with Gasteiger partial charge < -0.3 is 15.4 Å². The summed E-state index contributed by atoms with van der Waals surface area (Å²) in [7, 11) is 0. The highest BCUT2D eigenvalue weighted by Crippen LogP contribution is 2.15. The van der Waals surface area contributed by atoms with E-state index in [2.05, 4.69) is 43.9 Å². The molecule has 0 saturated carbocycles. The number of guanidine groups is 1. The fourth-order valence-electron chi connectivity index (χ4n) is 3.19. The maximum Gasteiger partial charge on any atom is 0.229 e. The maximum absolute atomic E-state index is 5.68. The van der Waals surface area contributed by atoms with Crippen molar-refractivity contribution in [2.24, 2.45) is 4.99 Å². The summed E-state index contributed by atoms with van der Waals surface area (Å²) in [4.78, 5) is 13.5. The minimum atomic E-state index is 0.135. The molecule has 1 fully saturated rings. The third-order valence-corrected chi connectivity index (χ3v) is 4.77. The van der Waals surface area contributed by atoms with Gasteiger partial charge in [0, 0.05) is 23.7 Å². The number of nitrogens with one attached hydrogen (secondary N) is 3. The second kappa shape index (κ2) is 10.3. The Bertz CT molecular complexity index is 859. The van der Waals surface area contributed by atoms with Gasteiger partial charge in [-0.3, -0.25) is 5.32 Å². The van der Waals surface area contributed by atoms with E-state index in [1.807, 2.05) is 38.1 Å². The minimum Gasteiger partial charge on any atom is -0.376 e. The molecule has 0 bridgehead atoms. The van der Waals surface area contributed by atoms with Gasteiger partial charge in [-0.1, -0.05) is 25.1 Å². The Morgan fingerprint density at radius 1 is 1.21 bits per heavy atom. The lowest BCUT2D eigenvalue weighted by Crippen LogP contribution is -2.39. The molecule has 3 N–H and O–H groups in total. The third-order valence-electron chi connectivity index (χ3n) is 4.57. The van der Waals surface area contributed by atoms with Crippen LogP contribution in [0.15, 0.2) is 35.3 Å². The molecule has 1 aliphatic rings. The molecule has 1 unspecified atom stereocenters. The molecule has 0 radical (unpaired) electrons. The number of anilines is 2. The summed E-state index contributed by atoms with van der Waals surface area (Å²) < 4.78 is 5.68. The standard InChI is InChI=1S/C21H28N6OS/c1-4-16-8-5-6-10-18(16)25-21(29)27-19(22-13-17-9-7-11-28-17)26-20-23-14(2)12-15(3)24-20/h5-6,8,10,12,17H,4,7,9,11,13H2,1-3H3,(H3,22,23,24,25,26,27,29). The number of ether oxygens (including phenoxy) is 1. The van der Waals surface area contributed by atoms with Crippen molar-refractivity contribution in [2.45, 2.75) is 46.1 Å². The van der Waals surface area contributed by atoms with Crippen LogP contribution in [0.25, 0.3) is 0 Å². The zero-order valence-electron chi connectivity index (χ0n) is 17.2. The SMILES string of the molecule is CCc1ccccc1NC(=S)NC(=NCC1CCCO1)Nc1nc(C)cc(C)n1. The molecule has 3 rings (SSSR count). The van der Waals surface area contributed by atoms with E-state index < -0.39 is 0 Å². The van der Waals surface area contributed by atoms with Crippen LogP contribution >= 0.6 is 12.2 Å². The van der Waals surface area contributed by atoms with Crippen LogP contribution in [-0.2, 0) is 11.2 Å². The molecule has 2 heterocycles. The second-order valence-corrected chi connectivity index (χ2v) is 7.42. The minimum absolute atomic E-state index is 0.135. The molecule has 1 saturated heterocycles. The summed E-state index contributed by atoms with van der Waals surface area (Å²) in [5.41, 5.74) is 3.95. The van der Waals surface area contributed by atoms with Crippen molar-refractivity contribution in [1.29, 1.82) is 0 Å². The van der Waals surface area contributed by atoms with Crippen molar-refractivity contribution in [1.82, 2.24) is 15.3 Å². The number of hydrogen-bond acceptors (Lipinski definition) is 5. The molecule has 154 valence electrons. The first-order chi connectivity index (χ1) is 14.0. The van der Waals surface area contributed by atoms with Crippen molar-refractivity contribution in [2.75, 3.05) is 23.8 Å². The first kappa shape index (κ1) is 21.1. The van der Waals surface area contributed by atoms with E-state index in [0.717, 1.165) is 42.9 Å². The number of hydrogen-bond donors (Lipinski definition) is 3. The first-order valence-corrected chi connectivity index (χ1v) is 10.4. The van der Waals surface area contributed by atoms with Crippen molar-refractivity contribution in [3.63, 3.8) is 0 Å². The molecule has 1 aromatic carbocycles. The Morgan fingerprint density at radius 3 is 2.66 bits per heavy atom. The largest absolute Gasteiger partial charge is 0.376 e. The second-order valence-electron chi connectivity index (χ2n) is 7.01. The Labute approximate surface area is 177 Å². The van der Waals surface area contributed by atoms with Gasteiger partial charge in [0.15, 0.2) is 5.11 Å². The lowest BCUT2D eigenvalue weighted by atomic mass is 10.1. The number of benzene rings is 1. The average molecular weight is 413 g/mol. The molecule has 7 nitrogen and oxygen atoms in total. The number of rotatable bonds is 5. The number of aromatic nitrogens is 2. The quantitative estimate of drug-likeness (QED) is 0.393. The Balaban J connectivity index is 1.72. The normalized spacial score (nSPS) is 16.5. The van der Waals surface area contributed by atoms with Crippen LogP contribution in [0.2, 0.25) is 0 Å². The highest BCUT2D eigenvalue weighted by molar-refractivity contribution is 7.80. The van der Waals surface area contributed by atoms with Crippen LogP contribution in [0.3, 0.4) is 0 Å². The van der Waals surface area contributed by atoms with E-state index in [-0.39, 0.29) is 6.10 Å². The Kier molecular flexibility index (Phi) is 7.48. The van der Waals surface area contributed by atoms with Gasteiger partial charge in [0.2, 0.25) is 11.9 Å². The topological polar surface area (TPSA) is 83.5 Å². The zero-order valence-corrected chi connectivity index (χ0v) is 18.0. The number of aryl methyl sites for hydroxylation is 3. The highest BCUT2D eigenvalue weighted by Gasteiger charge is 2.16. The van der Waals surface area contributed by atoms with Crippen LogP contribution in [0.5, 0.6) is 0 Å². The number of para-hydroxylation sites is 1. The Morgan fingerprint density at radius 2 is 1.97 bits per heavy atom. The van der Waals surface area contributed by atoms with Crippen LogP contribution < -0.4 is 16.0 Å². The van der Waals surface area contributed by atoms with Gasteiger partial charge in [0.25, 0.3) is 0 Å². The smallest absolute Gasteiger partial charge is 0.229 e. The van der Waals surface area contributed by atoms with Gasteiger partial charge >= 0.3 is 0 Å². The van der Waals surface area contributed by atoms with E-state index in [1.54, 1.807) is 0 Å². The van der Waals surface area contributed by atoms with Crippen LogP contribution in [-0.4, -0.2) is 40.3 Å². The van der Waals surface area contributed by atoms with Crippen LogP contribution in [0.1, 0.15) is 36.7 Å². The molecular weight excluding hydrogens is 384 g/mol. The zero-order chi connectivity index (χ0) is 20.6. The van der Waals surface area contributed by atoms with E-state index in [4.69, 9.17) is 17.0 Å². The maximum atomic E-state index is 5.68. The van der Waals surface area contributed by atoms with Crippen LogP contribution in [0.4, 0.5) is 11.6 Å². The predicted octanol–water partition coefficient (Wildman–Crippen LogP) is 3.59. The molecule has 8 heteroatoms. The number of thiocarbonyl (C=S) groups is 1. The summed E-state index contributed by atoms with van der Waals surface area (Å²) >= 11 is 5.52. The summed E-state index contributed by atoms with van der Waals surface area (Å²) in [5.74, 6) is 0.981. The van der Waals surface area contributed by atoms with Crippen molar-refractivity contribution in [3.8, 4) is 0 Å². The summed E-state index contributed by atoms with van der Waals surface area (Å²) in [5, 5.41) is 10.0. The highest BCUT2D eigenvalue weighted by atomic mass is 32.1. The molecule has 0 spiro atoms. The van der Waals surface area contributed by atoms with Gasteiger partial charge in [0.05, 0.1) is 12.6 Å². The van der Waals surface area contributed by atoms with Gasteiger partial charge in [-0.25, -0.2) is 15.0 Å². The van der Waals surface area contributed by atoms with Crippen molar-refractivity contribution < 1.29 is 4.74 Å². The molecule has 1 aromatic heterocycles. The van der Waals surface area contributed by atoms with Gasteiger partial charge in [-0.15, -0.1) is 0 Å². The lowest BCUT2D eigenvalue weighted by molar-refractivity contribution is 0.118. The predicted molar refractivity (Wildman–Crippen MR) is 122 cm³/mol. The molecule has 2 aromatic rings.